The third-order valence-electron chi connectivity index (χ3n) is 8.67. The van der Waals surface area contributed by atoms with E-state index in [0.29, 0.717) is 47.5 Å². The molecule has 5 N–H and O–H groups in total. The maximum absolute atomic E-state index is 12.3. The molecule has 212 valence electrons. The zero-order valence-electron chi connectivity index (χ0n) is 23.3. The number of piperidine rings is 1. The van der Waals surface area contributed by atoms with Crippen molar-refractivity contribution in [3.05, 3.63) is 77.1 Å². The summed E-state index contributed by atoms with van der Waals surface area (Å²) in [7, 11) is 0. The molecule has 2 bridgehead atoms. The Labute approximate surface area is 239 Å². The number of carbonyl (C=O) groups excluding carboxylic acids is 1. The van der Waals surface area contributed by atoms with Gasteiger partial charge in [0.25, 0.3) is 5.91 Å². The molecule has 0 aliphatic carbocycles. The lowest BCUT2D eigenvalue weighted by Gasteiger charge is -2.34. The summed E-state index contributed by atoms with van der Waals surface area (Å²) >= 11 is 0. The van der Waals surface area contributed by atoms with Gasteiger partial charge in [-0.15, -0.1) is 0 Å². The summed E-state index contributed by atoms with van der Waals surface area (Å²) in [6.07, 6.45) is 6.10. The van der Waals surface area contributed by atoms with E-state index >= 15 is 0 Å². The third kappa shape index (κ3) is 4.81. The minimum absolute atomic E-state index is 0.0939. The summed E-state index contributed by atoms with van der Waals surface area (Å²) in [5.41, 5.74) is 2.98. The second kappa shape index (κ2) is 9.81. The van der Waals surface area contributed by atoms with Crippen LogP contribution in [0.2, 0.25) is 0 Å². The van der Waals surface area contributed by atoms with Crippen molar-refractivity contribution < 1.29 is 14.6 Å². The van der Waals surface area contributed by atoms with Gasteiger partial charge in [0.2, 0.25) is 5.90 Å². The van der Waals surface area contributed by atoms with Crippen LogP contribution in [-0.2, 0) is 10.3 Å². The highest BCUT2D eigenvalue weighted by molar-refractivity contribution is 6.01. The van der Waals surface area contributed by atoms with Crippen molar-refractivity contribution >= 4 is 29.1 Å². The molecular weight excluding hydrogens is 518 g/mol. The van der Waals surface area contributed by atoms with E-state index in [2.05, 4.69) is 21.3 Å². The maximum atomic E-state index is 12.3. The molecule has 10 nitrogen and oxygen atoms in total. The zero-order chi connectivity index (χ0) is 28.2. The molecule has 41 heavy (non-hydrogen) atoms. The number of rotatable bonds is 7. The molecule has 4 aliphatic heterocycles. The van der Waals surface area contributed by atoms with Crippen molar-refractivity contribution in [2.75, 3.05) is 23.8 Å². The minimum Gasteiger partial charge on any atom is -0.475 e. The van der Waals surface area contributed by atoms with Crippen molar-refractivity contribution in [2.45, 2.75) is 68.7 Å². The van der Waals surface area contributed by atoms with Crippen LogP contribution in [0.1, 0.15) is 72.8 Å². The van der Waals surface area contributed by atoms with E-state index < -0.39 is 5.54 Å². The third-order valence-corrected chi connectivity index (χ3v) is 8.67. The number of pyridine rings is 2. The van der Waals surface area contributed by atoms with Gasteiger partial charge in [-0.05, 0) is 57.2 Å². The van der Waals surface area contributed by atoms with Crippen molar-refractivity contribution in [1.29, 1.82) is 0 Å². The molecule has 2 aromatic heterocycles. The highest BCUT2D eigenvalue weighted by Gasteiger charge is 2.47. The molecule has 0 saturated carbocycles. The van der Waals surface area contributed by atoms with Gasteiger partial charge in [0.1, 0.15) is 23.8 Å². The van der Waals surface area contributed by atoms with Crippen molar-refractivity contribution in [1.82, 2.24) is 20.6 Å². The summed E-state index contributed by atoms with van der Waals surface area (Å²) in [6, 6.07) is 16.0. The fourth-order valence-corrected chi connectivity index (χ4v) is 6.71. The summed E-state index contributed by atoms with van der Waals surface area (Å²) in [4.78, 5) is 26.9. The van der Waals surface area contributed by atoms with E-state index in [4.69, 9.17) is 19.7 Å². The number of aliphatic hydroxyl groups is 1. The zero-order valence-corrected chi connectivity index (χ0v) is 23.3. The first-order valence-corrected chi connectivity index (χ1v) is 14.3. The lowest BCUT2D eigenvalue weighted by molar-refractivity contribution is 0.0940. The van der Waals surface area contributed by atoms with Crippen LogP contribution in [0.15, 0.2) is 59.7 Å². The lowest BCUT2D eigenvalue weighted by atomic mass is 9.86. The summed E-state index contributed by atoms with van der Waals surface area (Å²) in [6.45, 7) is 4.34. The normalized spacial score (nSPS) is 26.2. The van der Waals surface area contributed by atoms with Crippen molar-refractivity contribution in [3.8, 4) is 0 Å². The standard InChI is InChI=1S/C31H35N7O3/c1-30(2)27-21(28(40)37-30)10-11-25(36-27)35-26-12-23(34-24(16-39)18-6-4-3-5-7-18)22(15-32-26)29-38-31(17-41-29)13-19-8-9-20(14-31)33-19/h3-7,10-12,15,19-20,24,33,39H,8-9,13-14,16-17H2,1-2H3,(H,37,40)(H2,32,34,35,36)/t19?,20?,24-,31?/m1/s1. The number of aliphatic imine (C=N–C) groups is 1. The van der Waals surface area contributed by atoms with Crippen LogP contribution in [0, 0.1) is 0 Å². The largest absolute Gasteiger partial charge is 0.475 e. The van der Waals surface area contributed by atoms with Crippen molar-refractivity contribution in [3.63, 3.8) is 0 Å². The number of fused-ring (bicyclic) bond motifs is 3. The van der Waals surface area contributed by atoms with E-state index in [1.165, 1.54) is 12.8 Å². The Balaban J connectivity index is 1.22. The van der Waals surface area contributed by atoms with E-state index in [9.17, 15) is 9.90 Å². The monoisotopic (exact) mass is 553 g/mol. The molecule has 3 aromatic rings. The molecule has 3 atom stereocenters. The van der Waals surface area contributed by atoms with Crippen LogP contribution in [0.4, 0.5) is 17.3 Å². The minimum atomic E-state index is -0.555. The Morgan fingerprint density at radius 2 is 1.85 bits per heavy atom. The molecule has 1 spiro atoms. The number of hydrogen-bond donors (Lipinski definition) is 5. The summed E-state index contributed by atoms with van der Waals surface area (Å²) in [5, 5.41) is 23.8. The van der Waals surface area contributed by atoms with E-state index in [1.807, 2.05) is 50.2 Å². The first-order valence-electron chi connectivity index (χ1n) is 14.3. The van der Waals surface area contributed by atoms with Crippen LogP contribution >= 0.6 is 0 Å². The molecule has 2 unspecified atom stereocenters. The Morgan fingerprint density at radius 3 is 2.61 bits per heavy atom. The fraction of sp³-hybridized carbons (Fsp3) is 0.419. The average Bonchev–Trinajstić information content (AvgIpc) is 3.60. The lowest BCUT2D eigenvalue weighted by Crippen LogP contribution is -2.48. The fourth-order valence-electron chi connectivity index (χ4n) is 6.71. The van der Waals surface area contributed by atoms with Gasteiger partial charge in [-0.1, -0.05) is 30.3 Å². The van der Waals surface area contributed by atoms with Gasteiger partial charge in [-0.2, -0.15) is 0 Å². The predicted octanol–water partition coefficient (Wildman–Crippen LogP) is 3.77. The molecule has 0 radical (unpaired) electrons. The second-order valence-electron chi connectivity index (χ2n) is 12.2. The van der Waals surface area contributed by atoms with Gasteiger partial charge in [0.05, 0.1) is 40.7 Å². The number of aliphatic hydroxyl groups excluding tert-OH is 1. The predicted molar refractivity (Wildman–Crippen MR) is 157 cm³/mol. The number of ether oxygens (including phenoxy) is 1. The highest BCUT2D eigenvalue weighted by Crippen LogP contribution is 2.41. The number of anilines is 3. The molecule has 6 heterocycles. The Hall–Kier alpha value is -4.02. The quantitative estimate of drug-likeness (QED) is 0.299. The van der Waals surface area contributed by atoms with Crippen molar-refractivity contribution in [2.24, 2.45) is 4.99 Å². The Kier molecular flexibility index (Phi) is 6.20. The molecule has 10 heteroatoms. The smallest absolute Gasteiger partial charge is 0.253 e. The van der Waals surface area contributed by atoms with E-state index in [1.54, 1.807) is 18.3 Å². The molecule has 7 rings (SSSR count). The van der Waals surface area contributed by atoms with Crippen LogP contribution in [0.25, 0.3) is 0 Å². The van der Waals surface area contributed by atoms with Gasteiger partial charge in [0.15, 0.2) is 0 Å². The van der Waals surface area contributed by atoms with Gasteiger partial charge in [-0.3, -0.25) is 4.79 Å². The topological polar surface area (TPSA) is 133 Å². The second-order valence-corrected chi connectivity index (χ2v) is 12.2. The van der Waals surface area contributed by atoms with Gasteiger partial charge < -0.3 is 31.1 Å². The SMILES string of the molecule is CC1(C)NC(=O)c2ccc(Nc3cc(N[C@H](CO)c4ccccc4)c(C4=NC5(CO4)CC4CCC(C5)N4)cn3)nc21. The molecular formula is C31H35N7O3. The Bertz CT molecular complexity index is 1510. The summed E-state index contributed by atoms with van der Waals surface area (Å²) < 4.78 is 6.27. The van der Waals surface area contributed by atoms with Gasteiger partial charge in [-0.25, -0.2) is 15.0 Å². The molecule has 2 saturated heterocycles. The highest BCUT2D eigenvalue weighted by atomic mass is 16.5. The van der Waals surface area contributed by atoms with Crippen LogP contribution in [0.3, 0.4) is 0 Å². The summed E-state index contributed by atoms with van der Waals surface area (Å²) in [5.74, 6) is 1.61. The number of carbonyl (C=O) groups is 1. The van der Waals surface area contributed by atoms with Gasteiger partial charge in [0, 0.05) is 24.3 Å². The van der Waals surface area contributed by atoms with E-state index in [0.717, 1.165) is 29.7 Å². The number of aromatic nitrogens is 2. The molecule has 4 aliphatic rings. The number of nitrogens with one attached hydrogen (secondary N) is 4. The average molecular weight is 554 g/mol. The maximum Gasteiger partial charge on any atom is 0.253 e. The first-order chi connectivity index (χ1) is 19.8. The van der Waals surface area contributed by atoms with E-state index in [-0.39, 0.29) is 24.1 Å². The number of nitrogens with zero attached hydrogens (tertiary/aromatic N) is 3. The first kappa shape index (κ1) is 25.9. The number of amides is 1. The number of benzene rings is 1. The van der Waals surface area contributed by atoms with Crippen LogP contribution in [-0.4, -0.2) is 57.7 Å². The van der Waals surface area contributed by atoms with Gasteiger partial charge >= 0.3 is 0 Å². The Morgan fingerprint density at radius 1 is 1.07 bits per heavy atom. The molecule has 2 fully saturated rings. The number of hydrogen-bond acceptors (Lipinski definition) is 9. The van der Waals surface area contributed by atoms with Crippen LogP contribution in [0.5, 0.6) is 0 Å². The molecule has 1 aromatic carbocycles. The molecule has 1 amide bonds. The van der Waals surface area contributed by atoms with Crippen LogP contribution < -0.4 is 21.3 Å².